The van der Waals surface area contributed by atoms with Gasteiger partial charge in [0.2, 0.25) is 0 Å². The molecule has 0 aromatic heterocycles. The van der Waals surface area contributed by atoms with E-state index >= 15 is 0 Å². The predicted molar refractivity (Wildman–Crippen MR) is 93.7 cm³/mol. The summed E-state index contributed by atoms with van der Waals surface area (Å²) in [5.41, 5.74) is 2.50. The van der Waals surface area contributed by atoms with Crippen LogP contribution in [0.15, 0.2) is 18.2 Å². The Morgan fingerprint density at radius 1 is 1.08 bits per heavy atom. The van der Waals surface area contributed by atoms with E-state index in [0.29, 0.717) is 6.04 Å². The van der Waals surface area contributed by atoms with Crippen molar-refractivity contribution in [2.24, 2.45) is 0 Å². The average Bonchev–Trinajstić information content (AvgIpc) is 2.95. The van der Waals surface area contributed by atoms with Crippen LogP contribution in [-0.2, 0) is 6.42 Å². The molecular formula is C20H30NNaO2. The van der Waals surface area contributed by atoms with Crippen LogP contribution in [0.5, 0.6) is 0 Å². The van der Waals surface area contributed by atoms with Crippen molar-refractivity contribution in [3.8, 4) is 0 Å². The SMILES string of the molecule is CCCCCCCCCCCC1Cc2cc(C(=O)[O-])ccc2N1.[Na+]. The van der Waals surface area contributed by atoms with Gasteiger partial charge in [-0.25, -0.2) is 0 Å². The van der Waals surface area contributed by atoms with Gasteiger partial charge in [0.05, 0.1) is 5.97 Å². The van der Waals surface area contributed by atoms with Crippen molar-refractivity contribution >= 4 is 11.7 Å². The smallest absolute Gasteiger partial charge is 0.545 e. The summed E-state index contributed by atoms with van der Waals surface area (Å²) in [6.07, 6.45) is 14.3. The summed E-state index contributed by atoms with van der Waals surface area (Å²) >= 11 is 0. The number of hydrogen-bond donors (Lipinski definition) is 1. The maximum Gasteiger partial charge on any atom is 1.00 e. The van der Waals surface area contributed by atoms with Crippen LogP contribution in [-0.4, -0.2) is 12.0 Å². The van der Waals surface area contributed by atoms with Gasteiger partial charge in [-0.3, -0.25) is 0 Å². The van der Waals surface area contributed by atoms with Crippen molar-refractivity contribution in [1.82, 2.24) is 0 Å². The van der Waals surface area contributed by atoms with Gasteiger partial charge in [0.25, 0.3) is 0 Å². The molecule has 1 unspecified atom stereocenters. The molecule has 1 N–H and O–H groups in total. The van der Waals surface area contributed by atoms with Crippen molar-refractivity contribution in [2.75, 3.05) is 5.32 Å². The van der Waals surface area contributed by atoms with Crippen molar-refractivity contribution < 1.29 is 39.5 Å². The maximum absolute atomic E-state index is 10.9. The Hall–Kier alpha value is -0.510. The normalized spacial score (nSPS) is 15.5. The first-order valence-corrected chi connectivity index (χ1v) is 9.31. The summed E-state index contributed by atoms with van der Waals surface area (Å²) < 4.78 is 0. The number of rotatable bonds is 11. The molecule has 0 fully saturated rings. The molecule has 1 aliphatic rings. The molecule has 2 rings (SSSR count). The van der Waals surface area contributed by atoms with E-state index in [9.17, 15) is 9.90 Å². The first kappa shape index (κ1) is 21.5. The molecule has 1 aromatic rings. The van der Waals surface area contributed by atoms with Gasteiger partial charge in [-0.1, -0.05) is 70.8 Å². The maximum atomic E-state index is 10.9. The zero-order chi connectivity index (χ0) is 16.5. The largest absolute Gasteiger partial charge is 1.00 e. The van der Waals surface area contributed by atoms with Crippen molar-refractivity contribution in [3.63, 3.8) is 0 Å². The molecule has 0 spiro atoms. The average molecular weight is 339 g/mol. The predicted octanol–water partition coefficient (Wildman–Crippen LogP) is 1.31. The van der Waals surface area contributed by atoms with Crippen LogP contribution in [0.1, 0.15) is 87.1 Å². The minimum absolute atomic E-state index is 0. The van der Waals surface area contributed by atoms with E-state index in [-0.39, 0.29) is 35.1 Å². The Labute approximate surface area is 168 Å². The number of fused-ring (bicyclic) bond motifs is 1. The molecule has 128 valence electrons. The Kier molecular flexibility index (Phi) is 10.7. The number of aromatic carboxylic acids is 1. The van der Waals surface area contributed by atoms with E-state index in [2.05, 4.69) is 12.2 Å². The standard InChI is InChI=1S/C20H31NO2.Na/c1-2-3-4-5-6-7-8-9-10-11-18-15-17-14-16(20(22)23)12-13-19(17)21-18;/h12-14,18,21H,2-11,15H2,1H3,(H,22,23);/q;+1/p-1. The summed E-state index contributed by atoms with van der Waals surface area (Å²) in [6.45, 7) is 2.26. The van der Waals surface area contributed by atoms with E-state index < -0.39 is 5.97 Å². The molecule has 1 aliphatic heterocycles. The third kappa shape index (κ3) is 7.16. The molecule has 4 heteroatoms. The zero-order valence-electron chi connectivity index (χ0n) is 15.4. The van der Waals surface area contributed by atoms with E-state index in [1.165, 1.54) is 64.2 Å². The summed E-state index contributed by atoms with van der Waals surface area (Å²) in [6, 6.07) is 5.72. The van der Waals surface area contributed by atoms with Crippen molar-refractivity contribution in [3.05, 3.63) is 29.3 Å². The number of carbonyl (C=O) groups is 1. The molecule has 0 saturated carbocycles. The number of anilines is 1. The molecule has 0 bridgehead atoms. The molecule has 0 saturated heterocycles. The third-order valence-electron chi connectivity index (χ3n) is 4.82. The first-order valence-electron chi connectivity index (χ1n) is 9.31. The van der Waals surface area contributed by atoms with Crippen molar-refractivity contribution in [1.29, 1.82) is 0 Å². The summed E-state index contributed by atoms with van der Waals surface area (Å²) in [5, 5.41) is 14.4. The second-order valence-corrected chi connectivity index (χ2v) is 6.82. The fourth-order valence-electron chi connectivity index (χ4n) is 3.44. The fourth-order valence-corrected chi connectivity index (χ4v) is 3.44. The van der Waals surface area contributed by atoms with E-state index in [1.807, 2.05) is 6.07 Å². The Morgan fingerprint density at radius 3 is 2.33 bits per heavy atom. The van der Waals surface area contributed by atoms with E-state index in [0.717, 1.165) is 17.7 Å². The zero-order valence-corrected chi connectivity index (χ0v) is 17.4. The van der Waals surface area contributed by atoms with Crippen LogP contribution in [0.2, 0.25) is 0 Å². The number of carboxylic acids is 1. The summed E-state index contributed by atoms with van der Waals surface area (Å²) in [5.74, 6) is -1.09. The molecule has 3 nitrogen and oxygen atoms in total. The number of unbranched alkanes of at least 4 members (excludes halogenated alkanes) is 8. The van der Waals surface area contributed by atoms with Gasteiger partial charge >= 0.3 is 29.6 Å². The van der Waals surface area contributed by atoms with Crippen LogP contribution in [0.3, 0.4) is 0 Å². The van der Waals surface area contributed by atoms with E-state index in [4.69, 9.17) is 0 Å². The summed E-state index contributed by atoms with van der Waals surface area (Å²) in [4.78, 5) is 10.9. The van der Waals surface area contributed by atoms with Crippen LogP contribution in [0.4, 0.5) is 5.69 Å². The number of carboxylic acid groups (broad SMARTS) is 1. The van der Waals surface area contributed by atoms with Gasteiger partial charge in [0, 0.05) is 11.7 Å². The third-order valence-corrected chi connectivity index (χ3v) is 4.82. The number of hydrogen-bond acceptors (Lipinski definition) is 3. The minimum atomic E-state index is -1.09. The second kappa shape index (κ2) is 11.9. The minimum Gasteiger partial charge on any atom is -0.545 e. The van der Waals surface area contributed by atoms with Gasteiger partial charge in [0.15, 0.2) is 0 Å². The molecule has 0 radical (unpaired) electrons. The molecule has 0 amide bonds. The van der Waals surface area contributed by atoms with Crippen LogP contribution in [0, 0.1) is 0 Å². The van der Waals surface area contributed by atoms with Gasteiger partial charge in [0.1, 0.15) is 0 Å². The van der Waals surface area contributed by atoms with Crippen LogP contribution in [0.25, 0.3) is 0 Å². The Morgan fingerprint density at radius 2 is 1.71 bits per heavy atom. The van der Waals surface area contributed by atoms with Crippen LogP contribution >= 0.6 is 0 Å². The fraction of sp³-hybridized carbons (Fsp3) is 0.650. The van der Waals surface area contributed by atoms with E-state index in [1.54, 1.807) is 12.1 Å². The monoisotopic (exact) mass is 339 g/mol. The topological polar surface area (TPSA) is 52.2 Å². The molecule has 1 heterocycles. The summed E-state index contributed by atoms with van der Waals surface area (Å²) in [7, 11) is 0. The number of carbonyl (C=O) groups excluding carboxylic acids is 1. The Balaban J connectivity index is 0.00000288. The number of benzene rings is 1. The van der Waals surface area contributed by atoms with Gasteiger partial charge < -0.3 is 15.2 Å². The number of nitrogens with one attached hydrogen (secondary N) is 1. The van der Waals surface area contributed by atoms with Crippen LogP contribution < -0.4 is 40.0 Å². The van der Waals surface area contributed by atoms with Gasteiger partial charge in [-0.05, 0) is 36.1 Å². The quantitative estimate of drug-likeness (QED) is 0.489. The first-order chi connectivity index (χ1) is 11.2. The van der Waals surface area contributed by atoms with Gasteiger partial charge in [-0.15, -0.1) is 0 Å². The molecule has 1 aromatic carbocycles. The molecule has 24 heavy (non-hydrogen) atoms. The Bertz CT molecular complexity index is 504. The molecule has 0 aliphatic carbocycles. The van der Waals surface area contributed by atoms with Gasteiger partial charge in [-0.2, -0.15) is 0 Å². The second-order valence-electron chi connectivity index (χ2n) is 6.82. The molecule has 1 atom stereocenters. The van der Waals surface area contributed by atoms with Crippen molar-refractivity contribution in [2.45, 2.75) is 83.6 Å². The molecular weight excluding hydrogens is 309 g/mol.